The third-order valence-electron chi connectivity index (χ3n) is 4.09. The zero-order valence-electron chi connectivity index (χ0n) is 16.1. The van der Waals surface area contributed by atoms with Gasteiger partial charge in [0.25, 0.3) is 5.91 Å². The summed E-state index contributed by atoms with van der Waals surface area (Å²) in [6, 6.07) is 23.5. The number of para-hydroxylation sites is 1. The molecule has 3 aromatic carbocycles. The lowest BCUT2D eigenvalue weighted by Gasteiger charge is -2.09. The van der Waals surface area contributed by atoms with Gasteiger partial charge in [-0.1, -0.05) is 30.3 Å². The quantitative estimate of drug-likeness (QED) is 0.612. The normalized spacial score (nSPS) is 10.1. The summed E-state index contributed by atoms with van der Waals surface area (Å²) in [5, 5.41) is 5.60. The Hall–Kier alpha value is -3.80. The van der Waals surface area contributed by atoms with Gasteiger partial charge in [0.05, 0.1) is 13.5 Å². The molecule has 2 amide bonds. The number of amides is 2. The lowest BCUT2D eigenvalue weighted by molar-refractivity contribution is -0.118. The first kappa shape index (κ1) is 19.9. The maximum atomic E-state index is 12.1. The van der Waals surface area contributed by atoms with E-state index in [1.165, 1.54) is 0 Å². The number of ether oxygens (including phenoxy) is 2. The number of methoxy groups -OCH3 is 1. The molecular weight excluding hydrogens is 368 g/mol. The molecule has 6 heteroatoms. The van der Waals surface area contributed by atoms with Crippen LogP contribution in [0.5, 0.6) is 11.5 Å². The van der Waals surface area contributed by atoms with Crippen molar-refractivity contribution < 1.29 is 19.1 Å². The summed E-state index contributed by atoms with van der Waals surface area (Å²) >= 11 is 0. The Morgan fingerprint density at radius 2 is 1.31 bits per heavy atom. The molecular formula is C23H22N2O4. The molecule has 0 fully saturated rings. The Kier molecular flexibility index (Phi) is 6.84. The minimum Gasteiger partial charge on any atom is -0.497 e. The van der Waals surface area contributed by atoms with E-state index in [2.05, 4.69) is 10.6 Å². The number of hydrogen-bond donors (Lipinski definition) is 2. The highest BCUT2D eigenvalue weighted by atomic mass is 16.5. The van der Waals surface area contributed by atoms with Gasteiger partial charge in [0.2, 0.25) is 5.91 Å². The molecule has 0 bridgehead atoms. The molecule has 0 heterocycles. The van der Waals surface area contributed by atoms with E-state index in [9.17, 15) is 9.59 Å². The van der Waals surface area contributed by atoms with Crippen LogP contribution in [-0.4, -0.2) is 25.5 Å². The number of carbonyl (C=O) groups is 2. The van der Waals surface area contributed by atoms with Crippen LogP contribution in [0.4, 0.5) is 11.4 Å². The van der Waals surface area contributed by atoms with Gasteiger partial charge in [-0.3, -0.25) is 9.59 Å². The second kappa shape index (κ2) is 9.94. The molecule has 29 heavy (non-hydrogen) atoms. The van der Waals surface area contributed by atoms with E-state index in [0.717, 1.165) is 17.0 Å². The summed E-state index contributed by atoms with van der Waals surface area (Å²) in [5.41, 5.74) is 2.29. The van der Waals surface area contributed by atoms with Gasteiger partial charge in [0.1, 0.15) is 11.5 Å². The number of anilines is 2. The van der Waals surface area contributed by atoms with E-state index in [1.54, 1.807) is 55.6 Å². The fourth-order valence-electron chi connectivity index (χ4n) is 2.64. The van der Waals surface area contributed by atoms with Crippen LogP contribution >= 0.6 is 0 Å². The Morgan fingerprint density at radius 1 is 0.724 bits per heavy atom. The van der Waals surface area contributed by atoms with Gasteiger partial charge in [-0.25, -0.2) is 0 Å². The zero-order chi connectivity index (χ0) is 20.5. The Balaban J connectivity index is 1.44. The highest BCUT2D eigenvalue weighted by molar-refractivity contribution is 5.92. The second-order valence-corrected chi connectivity index (χ2v) is 6.30. The van der Waals surface area contributed by atoms with Crippen LogP contribution in [0.25, 0.3) is 0 Å². The second-order valence-electron chi connectivity index (χ2n) is 6.30. The van der Waals surface area contributed by atoms with Crippen LogP contribution in [0.1, 0.15) is 5.56 Å². The summed E-state index contributed by atoms with van der Waals surface area (Å²) in [6.45, 7) is -0.111. The molecule has 0 unspecified atom stereocenters. The molecule has 0 aromatic heterocycles. The van der Waals surface area contributed by atoms with E-state index in [4.69, 9.17) is 9.47 Å². The van der Waals surface area contributed by atoms with Gasteiger partial charge in [-0.05, 0) is 54.1 Å². The highest BCUT2D eigenvalue weighted by Crippen LogP contribution is 2.16. The van der Waals surface area contributed by atoms with Crippen LogP contribution in [0.2, 0.25) is 0 Å². The van der Waals surface area contributed by atoms with Crippen LogP contribution in [-0.2, 0) is 16.0 Å². The highest BCUT2D eigenvalue weighted by Gasteiger charge is 2.06. The van der Waals surface area contributed by atoms with Gasteiger partial charge in [-0.15, -0.1) is 0 Å². The maximum Gasteiger partial charge on any atom is 0.262 e. The minimum absolute atomic E-state index is 0.0938. The van der Waals surface area contributed by atoms with Crippen molar-refractivity contribution in [2.75, 3.05) is 24.4 Å². The van der Waals surface area contributed by atoms with Gasteiger partial charge in [0.15, 0.2) is 6.61 Å². The van der Waals surface area contributed by atoms with Crippen molar-refractivity contribution in [1.82, 2.24) is 0 Å². The van der Waals surface area contributed by atoms with E-state index < -0.39 is 0 Å². The molecule has 0 saturated carbocycles. The lowest BCUT2D eigenvalue weighted by atomic mass is 10.1. The number of benzene rings is 3. The molecule has 148 valence electrons. The first-order valence-electron chi connectivity index (χ1n) is 9.13. The third-order valence-corrected chi connectivity index (χ3v) is 4.09. The molecule has 0 saturated heterocycles. The van der Waals surface area contributed by atoms with Crippen molar-refractivity contribution in [2.24, 2.45) is 0 Å². The van der Waals surface area contributed by atoms with Crippen LogP contribution in [0, 0.1) is 0 Å². The predicted molar refractivity (Wildman–Crippen MR) is 112 cm³/mol. The number of carbonyl (C=O) groups excluding carboxylic acids is 2. The fraction of sp³-hybridized carbons (Fsp3) is 0.130. The van der Waals surface area contributed by atoms with Crippen molar-refractivity contribution in [3.63, 3.8) is 0 Å². The molecule has 0 aliphatic carbocycles. The Bertz CT molecular complexity index is 939. The van der Waals surface area contributed by atoms with Crippen LogP contribution in [0.15, 0.2) is 78.9 Å². The van der Waals surface area contributed by atoms with Crippen molar-refractivity contribution in [3.8, 4) is 11.5 Å². The molecule has 0 spiro atoms. The van der Waals surface area contributed by atoms with E-state index in [-0.39, 0.29) is 24.8 Å². The first-order valence-corrected chi connectivity index (χ1v) is 9.13. The summed E-state index contributed by atoms with van der Waals surface area (Å²) in [4.78, 5) is 24.1. The monoisotopic (exact) mass is 390 g/mol. The summed E-state index contributed by atoms with van der Waals surface area (Å²) in [7, 11) is 1.59. The van der Waals surface area contributed by atoms with E-state index in [1.807, 2.05) is 30.3 Å². The van der Waals surface area contributed by atoms with Crippen molar-refractivity contribution >= 4 is 23.2 Å². The van der Waals surface area contributed by atoms with E-state index in [0.29, 0.717) is 11.4 Å². The zero-order valence-corrected chi connectivity index (χ0v) is 16.1. The maximum absolute atomic E-state index is 12.1. The Morgan fingerprint density at radius 3 is 1.97 bits per heavy atom. The van der Waals surface area contributed by atoms with Gasteiger partial charge in [-0.2, -0.15) is 0 Å². The SMILES string of the molecule is COc1ccc(NC(=O)COc2ccc(CC(=O)Nc3ccccc3)cc2)cc1. The van der Waals surface area contributed by atoms with Gasteiger partial charge >= 0.3 is 0 Å². The number of rotatable bonds is 8. The molecule has 0 aliphatic rings. The number of hydrogen-bond acceptors (Lipinski definition) is 4. The van der Waals surface area contributed by atoms with Gasteiger partial charge in [0, 0.05) is 11.4 Å². The third kappa shape index (κ3) is 6.39. The first-order chi connectivity index (χ1) is 14.1. The molecule has 6 nitrogen and oxygen atoms in total. The topological polar surface area (TPSA) is 76.7 Å². The fourth-order valence-corrected chi connectivity index (χ4v) is 2.64. The smallest absolute Gasteiger partial charge is 0.262 e. The molecule has 0 atom stereocenters. The van der Waals surface area contributed by atoms with Crippen LogP contribution < -0.4 is 20.1 Å². The largest absolute Gasteiger partial charge is 0.497 e. The Labute approximate surface area is 169 Å². The minimum atomic E-state index is -0.263. The van der Waals surface area contributed by atoms with Crippen molar-refractivity contribution in [2.45, 2.75) is 6.42 Å². The average Bonchev–Trinajstić information content (AvgIpc) is 2.74. The lowest BCUT2D eigenvalue weighted by Crippen LogP contribution is -2.20. The van der Waals surface area contributed by atoms with Crippen molar-refractivity contribution in [3.05, 3.63) is 84.4 Å². The molecule has 3 aromatic rings. The molecule has 0 aliphatic heterocycles. The average molecular weight is 390 g/mol. The summed E-state index contributed by atoms with van der Waals surface area (Å²) in [5.74, 6) is 0.920. The summed E-state index contributed by atoms with van der Waals surface area (Å²) in [6.07, 6.45) is 0.257. The number of nitrogens with one attached hydrogen (secondary N) is 2. The van der Waals surface area contributed by atoms with E-state index >= 15 is 0 Å². The molecule has 0 radical (unpaired) electrons. The van der Waals surface area contributed by atoms with Crippen LogP contribution in [0.3, 0.4) is 0 Å². The predicted octanol–water partition coefficient (Wildman–Crippen LogP) is 3.89. The van der Waals surface area contributed by atoms with Crippen molar-refractivity contribution in [1.29, 1.82) is 0 Å². The summed E-state index contributed by atoms with van der Waals surface area (Å²) < 4.78 is 10.6. The molecule has 2 N–H and O–H groups in total. The molecule has 3 rings (SSSR count). The standard InChI is InChI=1S/C23H22N2O4/c1-28-20-13-9-19(10-14-20)25-23(27)16-29-21-11-7-17(8-12-21)15-22(26)24-18-5-3-2-4-6-18/h2-14H,15-16H2,1H3,(H,24,26)(H,25,27). The van der Waals surface area contributed by atoms with Gasteiger partial charge < -0.3 is 20.1 Å².